The van der Waals surface area contributed by atoms with E-state index < -0.39 is 0 Å². The number of urea groups is 1. The molecule has 2 aromatic heterocycles. The number of hydrogen-bond acceptors (Lipinski definition) is 6. The van der Waals surface area contributed by atoms with Crippen LogP contribution in [0.3, 0.4) is 0 Å². The summed E-state index contributed by atoms with van der Waals surface area (Å²) in [5.74, 6) is 0.811. The number of rotatable bonds is 7. The van der Waals surface area contributed by atoms with Gasteiger partial charge in [0, 0.05) is 50.0 Å². The van der Waals surface area contributed by atoms with Gasteiger partial charge in [-0.1, -0.05) is 6.07 Å². The highest BCUT2D eigenvalue weighted by Gasteiger charge is 2.18. The van der Waals surface area contributed by atoms with Crippen LogP contribution in [0.5, 0.6) is 0 Å². The molecule has 2 N–H and O–H groups in total. The molecular formula is C17H24N6OS. The minimum absolute atomic E-state index is 0.0977. The van der Waals surface area contributed by atoms with Gasteiger partial charge in [0.2, 0.25) is 5.95 Å². The van der Waals surface area contributed by atoms with Crippen LogP contribution in [0.1, 0.15) is 11.3 Å². The average Bonchev–Trinajstić information content (AvgIpc) is 3.18. The topological polar surface area (TPSA) is 73.4 Å². The zero-order valence-electron chi connectivity index (χ0n) is 14.2. The second-order valence-corrected chi connectivity index (χ2v) is 6.95. The second-order valence-electron chi connectivity index (χ2n) is 5.92. The van der Waals surface area contributed by atoms with Gasteiger partial charge in [0.1, 0.15) is 0 Å². The summed E-state index contributed by atoms with van der Waals surface area (Å²) in [6, 6.07) is 5.75. The van der Waals surface area contributed by atoms with Crippen molar-refractivity contribution >= 4 is 23.3 Å². The van der Waals surface area contributed by atoms with Gasteiger partial charge < -0.3 is 15.5 Å². The molecule has 2 amide bonds. The van der Waals surface area contributed by atoms with E-state index in [9.17, 15) is 4.79 Å². The van der Waals surface area contributed by atoms with Gasteiger partial charge in [-0.3, -0.25) is 4.90 Å². The molecular weight excluding hydrogens is 336 g/mol. The van der Waals surface area contributed by atoms with Crippen molar-refractivity contribution in [3.8, 4) is 0 Å². The van der Waals surface area contributed by atoms with E-state index in [1.165, 1.54) is 0 Å². The highest BCUT2D eigenvalue weighted by Crippen LogP contribution is 2.09. The highest BCUT2D eigenvalue weighted by atomic mass is 32.1. The van der Waals surface area contributed by atoms with E-state index in [1.807, 2.05) is 23.6 Å². The van der Waals surface area contributed by atoms with Crippen molar-refractivity contribution in [1.29, 1.82) is 0 Å². The predicted molar refractivity (Wildman–Crippen MR) is 99.9 cm³/mol. The van der Waals surface area contributed by atoms with Crippen molar-refractivity contribution in [2.75, 3.05) is 44.2 Å². The van der Waals surface area contributed by atoms with E-state index in [-0.39, 0.29) is 6.03 Å². The van der Waals surface area contributed by atoms with E-state index >= 15 is 0 Å². The Morgan fingerprint density at radius 2 is 1.92 bits per heavy atom. The molecule has 1 aliphatic heterocycles. The summed E-state index contributed by atoms with van der Waals surface area (Å²) in [7, 11) is 0. The Morgan fingerprint density at radius 3 is 2.64 bits per heavy atom. The number of carbonyl (C=O) groups is 1. The summed E-state index contributed by atoms with van der Waals surface area (Å²) < 4.78 is 0. The smallest absolute Gasteiger partial charge is 0.315 e. The molecule has 0 bridgehead atoms. The second kappa shape index (κ2) is 9.33. The van der Waals surface area contributed by atoms with Gasteiger partial charge in [-0.05, 0) is 30.5 Å². The molecule has 7 nitrogen and oxygen atoms in total. The Morgan fingerprint density at radius 1 is 1.12 bits per heavy atom. The maximum Gasteiger partial charge on any atom is 0.315 e. The third-order valence-electron chi connectivity index (χ3n) is 4.15. The van der Waals surface area contributed by atoms with Gasteiger partial charge in [0.15, 0.2) is 0 Å². The first-order valence-electron chi connectivity index (χ1n) is 8.59. The molecule has 3 rings (SSSR count). The molecule has 1 aliphatic rings. The zero-order chi connectivity index (χ0) is 17.3. The number of anilines is 1. The van der Waals surface area contributed by atoms with E-state index in [0.717, 1.165) is 50.0 Å². The first-order valence-corrected chi connectivity index (χ1v) is 9.47. The number of piperazine rings is 1. The molecule has 0 saturated carbocycles. The molecule has 3 heterocycles. The molecule has 2 aromatic rings. The number of aromatic nitrogens is 2. The summed E-state index contributed by atoms with van der Waals surface area (Å²) in [6.45, 7) is 6.17. The van der Waals surface area contributed by atoms with Gasteiger partial charge in [-0.15, -0.1) is 11.3 Å². The normalized spacial score (nSPS) is 15.1. The van der Waals surface area contributed by atoms with Crippen molar-refractivity contribution in [3.05, 3.63) is 40.8 Å². The van der Waals surface area contributed by atoms with Crippen LogP contribution in [-0.2, 0) is 6.54 Å². The Hall–Kier alpha value is -2.19. The number of nitrogens with one attached hydrogen (secondary N) is 2. The largest absolute Gasteiger partial charge is 0.338 e. The third kappa shape index (κ3) is 5.68. The first kappa shape index (κ1) is 17.6. The van der Waals surface area contributed by atoms with Gasteiger partial charge in [0.05, 0.1) is 6.54 Å². The molecule has 134 valence electrons. The summed E-state index contributed by atoms with van der Waals surface area (Å²) >= 11 is 1.65. The lowest BCUT2D eigenvalue weighted by Gasteiger charge is -2.34. The summed E-state index contributed by atoms with van der Waals surface area (Å²) in [5.41, 5.74) is 0. The van der Waals surface area contributed by atoms with Gasteiger partial charge >= 0.3 is 6.03 Å². The summed E-state index contributed by atoms with van der Waals surface area (Å²) in [5, 5.41) is 7.80. The Kier molecular flexibility index (Phi) is 6.58. The van der Waals surface area contributed by atoms with E-state index in [1.54, 1.807) is 23.7 Å². The Bertz CT molecular complexity index is 628. The van der Waals surface area contributed by atoms with E-state index in [0.29, 0.717) is 13.1 Å². The maximum absolute atomic E-state index is 11.7. The number of carbonyl (C=O) groups excluding carboxylic acids is 1. The summed E-state index contributed by atoms with van der Waals surface area (Å²) in [6.07, 6.45) is 4.52. The molecule has 0 atom stereocenters. The van der Waals surface area contributed by atoms with E-state index in [2.05, 4.69) is 30.4 Å². The van der Waals surface area contributed by atoms with Crippen LogP contribution in [0, 0.1) is 0 Å². The van der Waals surface area contributed by atoms with Crippen LogP contribution < -0.4 is 15.5 Å². The number of amides is 2. The fourth-order valence-corrected chi connectivity index (χ4v) is 3.42. The van der Waals surface area contributed by atoms with Crippen LogP contribution in [-0.4, -0.2) is 60.2 Å². The molecule has 0 radical (unpaired) electrons. The van der Waals surface area contributed by atoms with Crippen molar-refractivity contribution in [2.24, 2.45) is 0 Å². The Labute approximate surface area is 152 Å². The molecule has 0 aromatic carbocycles. The van der Waals surface area contributed by atoms with Crippen molar-refractivity contribution in [2.45, 2.75) is 13.0 Å². The van der Waals surface area contributed by atoms with Gasteiger partial charge in [-0.25, -0.2) is 14.8 Å². The lowest BCUT2D eigenvalue weighted by atomic mass is 10.3. The quantitative estimate of drug-likeness (QED) is 0.733. The number of nitrogens with zero attached hydrogens (tertiary/aromatic N) is 4. The van der Waals surface area contributed by atoms with Gasteiger partial charge in [-0.2, -0.15) is 0 Å². The average molecular weight is 360 g/mol. The molecule has 0 unspecified atom stereocenters. The lowest BCUT2D eigenvalue weighted by molar-refractivity contribution is 0.235. The monoisotopic (exact) mass is 360 g/mol. The molecule has 25 heavy (non-hydrogen) atoms. The van der Waals surface area contributed by atoms with Crippen LogP contribution in [0.15, 0.2) is 36.0 Å². The SMILES string of the molecule is O=C(NCCCN1CCN(c2ncccn2)CC1)NCc1cccs1. The molecule has 1 fully saturated rings. The standard InChI is InChI=1S/C17H24N6OS/c24-17(21-14-15-4-1-13-25-15)20-7-3-8-22-9-11-23(12-10-22)16-18-5-2-6-19-16/h1-2,4-6,13H,3,7-12,14H2,(H2,20,21,24). The summed E-state index contributed by atoms with van der Waals surface area (Å²) in [4.78, 5) is 26.1. The predicted octanol–water partition coefficient (Wildman–Crippen LogP) is 1.55. The lowest BCUT2D eigenvalue weighted by Crippen LogP contribution is -2.47. The van der Waals surface area contributed by atoms with Crippen LogP contribution in [0.4, 0.5) is 10.7 Å². The van der Waals surface area contributed by atoms with Crippen LogP contribution in [0.2, 0.25) is 0 Å². The zero-order valence-corrected chi connectivity index (χ0v) is 15.0. The number of hydrogen-bond donors (Lipinski definition) is 2. The molecule has 1 saturated heterocycles. The maximum atomic E-state index is 11.7. The fourth-order valence-electron chi connectivity index (χ4n) is 2.77. The number of thiophene rings is 1. The molecule has 8 heteroatoms. The van der Waals surface area contributed by atoms with E-state index in [4.69, 9.17) is 0 Å². The fraction of sp³-hybridized carbons (Fsp3) is 0.471. The van der Waals surface area contributed by atoms with Crippen molar-refractivity contribution in [3.63, 3.8) is 0 Å². The van der Waals surface area contributed by atoms with Crippen molar-refractivity contribution < 1.29 is 4.79 Å². The minimum atomic E-state index is -0.0977. The molecule has 0 spiro atoms. The molecule has 0 aliphatic carbocycles. The van der Waals surface area contributed by atoms with Crippen LogP contribution in [0.25, 0.3) is 0 Å². The van der Waals surface area contributed by atoms with Crippen molar-refractivity contribution in [1.82, 2.24) is 25.5 Å². The van der Waals surface area contributed by atoms with Crippen LogP contribution >= 0.6 is 11.3 Å². The first-order chi connectivity index (χ1) is 12.3. The minimum Gasteiger partial charge on any atom is -0.338 e. The third-order valence-corrected chi connectivity index (χ3v) is 5.02. The Balaban J connectivity index is 1.26. The highest BCUT2D eigenvalue weighted by molar-refractivity contribution is 7.09. The van der Waals surface area contributed by atoms with Gasteiger partial charge in [0.25, 0.3) is 0 Å².